The van der Waals surface area contributed by atoms with Crippen LogP contribution in [0.4, 0.5) is 0 Å². The molecular formula is C15H23N3O2. The van der Waals surface area contributed by atoms with E-state index in [0.29, 0.717) is 0 Å². The van der Waals surface area contributed by atoms with E-state index in [1.807, 2.05) is 26.0 Å². The Balaban J connectivity index is 2.54. The fourth-order valence-corrected chi connectivity index (χ4v) is 1.78. The minimum Gasteiger partial charge on any atom is -0.349 e. The lowest BCUT2D eigenvalue weighted by Crippen LogP contribution is -2.30. The summed E-state index contributed by atoms with van der Waals surface area (Å²) in [7, 11) is 3.37. The van der Waals surface area contributed by atoms with Gasteiger partial charge in [-0.15, -0.1) is 0 Å². The van der Waals surface area contributed by atoms with E-state index in [2.05, 4.69) is 10.3 Å². The Kier molecular flexibility index (Phi) is 6.15. The van der Waals surface area contributed by atoms with Gasteiger partial charge in [0.25, 0.3) is 0 Å². The first-order valence-corrected chi connectivity index (χ1v) is 6.86. The highest BCUT2D eigenvalue weighted by molar-refractivity contribution is 5.83. The van der Waals surface area contributed by atoms with Crippen LogP contribution in [0.1, 0.15) is 43.5 Å². The van der Waals surface area contributed by atoms with Gasteiger partial charge in [-0.1, -0.05) is 13.0 Å². The normalized spacial score (nSPS) is 11.8. The minimum atomic E-state index is -0.116. The van der Waals surface area contributed by atoms with Crippen LogP contribution in [-0.4, -0.2) is 35.8 Å². The molecule has 1 rings (SSSR count). The van der Waals surface area contributed by atoms with Gasteiger partial charge in [0.05, 0.1) is 11.7 Å². The number of rotatable bonds is 6. The first-order chi connectivity index (χ1) is 9.43. The van der Waals surface area contributed by atoms with Gasteiger partial charge in [0.15, 0.2) is 0 Å². The maximum Gasteiger partial charge on any atom is 0.222 e. The van der Waals surface area contributed by atoms with Crippen LogP contribution >= 0.6 is 0 Å². The molecular weight excluding hydrogens is 254 g/mol. The summed E-state index contributed by atoms with van der Waals surface area (Å²) in [6.07, 6.45) is 3.00. The number of aryl methyl sites for hydroxylation is 1. The molecule has 1 atom stereocenters. The molecule has 0 unspecified atom stereocenters. The fourth-order valence-electron chi connectivity index (χ4n) is 1.78. The third kappa shape index (κ3) is 4.99. The van der Waals surface area contributed by atoms with Gasteiger partial charge in [-0.05, 0) is 25.0 Å². The van der Waals surface area contributed by atoms with Gasteiger partial charge in [0.1, 0.15) is 0 Å². The quantitative estimate of drug-likeness (QED) is 0.863. The summed E-state index contributed by atoms with van der Waals surface area (Å²) in [5.74, 6) is -0.156. The van der Waals surface area contributed by atoms with Crippen LogP contribution in [-0.2, 0) is 9.59 Å². The van der Waals surface area contributed by atoms with Gasteiger partial charge in [0, 0.05) is 33.1 Å². The van der Waals surface area contributed by atoms with Crippen molar-refractivity contribution in [2.45, 2.75) is 39.2 Å². The standard InChI is InChI=1S/C15H23N3O2/c1-5-12(13-7-6-11(2)10-16-13)17-14(19)8-9-15(20)18(3)4/h6-7,10,12H,5,8-9H2,1-4H3,(H,17,19)/t12-/m1/s1. The molecule has 0 bridgehead atoms. The van der Waals surface area contributed by atoms with Gasteiger partial charge < -0.3 is 10.2 Å². The molecule has 5 heteroatoms. The van der Waals surface area contributed by atoms with Gasteiger partial charge in [0.2, 0.25) is 11.8 Å². The predicted molar refractivity (Wildman–Crippen MR) is 78.1 cm³/mol. The lowest BCUT2D eigenvalue weighted by atomic mass is 10.1. The monoisotopic (exact) mass is 277 g/mol. The molecule has 0 aromatic carbocycles. The highest BCUT2D eigenvalue weighted by atomic mass is 16.2. The Bertz CT molecular complexity index is 455. The average Bonchev–Trinajstić information content (AvgIpc) is 2.43. The number of nitrogens with zero attached hydrogens (tertiary/aromatic N) is 2. The van der Waals surface area contributed by atoms with Gasteiger partial charge >= 0.3 is 0 Å². The van der Waals surface area contributed by atoms with E-state index in [0.717, 1.165) is 17.7 Å². The Labute approximate surface area is 120 Å². The molecule has 5 nitrogen and oxygen atoms in total. The molecule has 0 aliphatic rings. The summed E-state index contributed by atoms with van der Waals surface area (Å²) >= 11 is 0. The number of hydrogen-bond donors (Lipinski definition) is 1. The van der Waals surface area contributed by atoms with E-state index in [9.17, 15) is 9.59 Å². The SMILES string of the molecule is CC[C@@H](NC(=O)CCC(=O)N(C)C)c1ccc(C)cn1. The summed E-state index contributed by atoms with van der Waals surface area (Å²) in [6, 6.07) is 3.80. The molecule has 0 aliphatic carbocycles. The molecule has 0 aliphatic heterocycles. The molecule has 0 fully saturated rings. The summed E-state index contributed by atoms with van der Waals surface area (Å²) in [5, 5.41) is 2.92. The molecule has 1 aromatic rings. The van der Waals surface area contributed by atoms with Crippen molar-refractivity contribution in [3.8, 4) is 0 Å². The van der Waals surface area contributed by atoms with Crippen molar-refractivity contribution in [3.63, 3.8) is 0 Å². The number of amides is 2. The van der Waals surface area contributed by atoms with Gasteiger partial charge in [-0.25, -0.2) is 0 Å². The van der Waals surface area contributed by atoms with E-state index in [1.54, 1.807) is 20.3 Å². The highest BCUT2D eigenvalue weighted by Crippen LogP contribution is 2.14. The summed E-state index contributed by atoms with van der Waals surface area (Å²) in [4.78, 5) is 29.1. The van der Waals surface area contributed by atoms with Crippen molar-refractivity contribution < 1.29 is 9.59 Å². The maximum absolute atomic E-state index is 11.9. The summed E-state index contributed by atoms with van der Waals surface area (Å²) < 4.78 is 0. The summed E-state index contributed by atoms with van der Waals surface area (Å²) in [6.45, 7) is 3.97. The minimum absolute atomic E-state index is 0.0401. The highest BCUT2D eigenvalue weighted by Gasteiger charge is 2.15. The van der Waals surface area contributed by atoms with Crippen LogP contribution in [0.15, 0.2) is 18.3 Å². The van der Waals surface area contributed by atoms with E-state index >= 15 is 0 Å². The molecule has 1 aromatic heterocycles. The van der Waals surface area contributed by atoms with Crippen LogP contribution < -0.4 is 5.32 Å². The zero-order valence-corrected chi connectivity index (χ0v) is 12.6. The molecule has 0 saturated heterocycles. The number of pyridine rings is 1. The van der Waals surface area contributed by atoms with Crippen LogP contribution in [0.3, 0.4) is 0 Å². The first kappa shape index (κ1) is 16.1. The third-order valence-electron chi connectivity index (χ3n) is 3.10. The maximum atomic E-state index is 11.9. The molecule has 20 heavy (non-hydrogen) atoms. The number of aromatic nitrogens is 1. The lowest BCUT2D eigenvalue weighted by Gasteiger charge is -2.17. The second-order valence-electron chi connectivity index (χ2n) is 5.08. The molecule has 0 saturated carbocycles. The molecule has 2 amide bonds. The second kappa shape index (κ2) is 7.62. The second-order valence-corrected chi connectivity index (χ2v) is 5.08. The topological polar surface area (TPSA) is 62.3 Å². The molecule has 0 spiro atoms. The van der Waals surface area contributed by atoms with Crippen molar-refractivity contribution in [3.05, 3.63) is 29.6 Å². The summed E-state index contributed by atoms with van der Waals surface area (Å²) in [5.41, 5.74) is 1.94. The Morgan fingerprint density at radius 3 is 2.50 bits per heavy atom. The smallest absolute Gasteiger partial charge is 0.222 e. The molecule has 110 valence electrons. The van der Waals surface area contributed by atoms with Crippen molar-refractivity contribution in [2.24, 2.45) is 0 Å². The van der Waals surface area contributed by atoms with Gasteiger partial charge in [-0.2, -0.15) is 0 Å². The van der Waals surface area contributed by atoms with E-state index in [-0.39, 0.29) is 30.7 Å². The molecule has 1 N–H and O–H groups in total. The van der Waals surface area contributed by atoms with E-state index < -0.39 is 0 Å². The lowest BCUT2D eigenvalue weighted by molar-refractivity contribution is -0.131. The van der Waals surface area contributed by atoms with E-state index in [4.69, 9.17) is 0 Å². The van der Waals surface area contributed by atoms with Crippen molar-refractivity contribution in [1.29, 1.82) is 0 Å². The number of hydrogen-bond acceptors (Lipinski definition) is 3. The average molecular weight is 277 g/mol. The number of nitrogens with one attached hydrogen (secondary N) is 1. The zero-order chi connectivity index (χ0) is 15.1. The Morgan fingerprint density at radius 2 is 2.00 bits per heavy atom. The van der Waals surface area contributed by atoms with Crippen LogP contribution in [0.5, 0.6) is 0 Å². The third-order valence-corrected chi connectivity index (χ3v) is 3.10. The number of carbonyl (C=O) groups is 2. The first-order valence-electron chi connectivity index (χ1n) is 6.86. The van der Waals surface area contributed by atoms with Gasteiger partial charge in [-0.3, -0.25) is 14.6 Å². The van der Waals surface area contributed by atoms with Crippen molar-refractivity contribution in [1.82, 2.24) is 15.2 Å². The molecule has 0 radical (unpaired) electrons. The van der Waals surface area contributed by atoms with Crippen LogP contribution in [0.2, 0.25) is 0 Å². The largest absolute Gasteiger partial charge is 0.349 e. The number of carbonyl (C=O) groups excluding carboxylic acids is 2. The molecule has 1 heterocycles. The van der Waals surface area contributed by atoms with Crippen molar-refractivity contribution >= 4 is 11.8 Å². The zero-order valence-electron chi connectivity index (χ0n) is 12.6. The van der Waals surface area contributed by atoms with E-state index in [1.165, 1.54) is 4.90 Å². The fraction of sp³-hybridized carbons (Fsp3) is 0.533. The Morgan fingerprint density at radius 1 is 1.30 bits per heavy atom. The van der Waals surface area contributed by atoms with Crippen molar-refractivity contribution in [2.75, 3.05) is 14.1 Å². The predicted octanol–water partition coefficient (Wildman–Crippen LogP) is 1.83. The van der Waals surface area contributed by atoms with Crippen LogP contribution in [0.25, 0.3) is 0 Å². The van der Waals surface area contributed by atoms with Crippen LogP contribution in [0, 0.1) is 6.92 Å². The Hall–Kier alpha value is -1.91.